The average Bonchev–Trinajstić information content (AvgIpc) is 2.16. The molecule has 1 atom stereocenters. The van der Waals surface area contributed by atoms with Gasteiger partial charge in [-0.2, -0.15) is 0 Å². The quantitative estimate of drug-likeness (QED) is 0.626. The lowest BCUT2D eigenvalue weighted by Crippen LogP contribution is -1.96. The fourth-order valence-electron chi connectivity index (χ4n) is 1.20. The van der Waals surface area contributed by atoms with Crippen molar-refractivity contribution in [1.82, 2.24) is 4.98 Å². The molecule has 0 aliphatic carbocycles. The Balaban J connectivity index is 2.50. The molecular weight excluding hydrogens is 158 g/mol. The highest BCUT2D eigenvalue weighted by atomic mass is 14.6. The van der Waals surface area contributed by atoms with Crippen molar-refractivity contribution in [3.63, 3.8) is 0 Å². The van der Waals surface area contributed by atoms with Crippen molar-refractivity contribution in [1.29, 1.82) is 0 Å². The Labute approximate surface area is 80.2 Å². The predicted octanol–water partition coefficient (Wildman–Crippen LogP) is 2.67. The molecule has 1 nitrogen and oxygen atoms in total. The summed E-state index contributed by atoms with van der Waals surface area (Å²) in [6.07, 6.45) is 5.65. The average molecular weight is 173 g/mol. The molecule has 0 bridgehead atoms. The van der Waals surface area contributed by atoms with Crippen LogP contribution < -0.4 is 0 Å². The lowest BCUT2D eigenvalue weighted by atomic mass is 10.0. The van der Waals surface area contributed by atoms with Crippen LogP contribution in [0.25, 0.3) is 0 Å². The van der Waals surface area contributed by atoms with E-state index in [0.29, 0.717) is 5.92 Å². The molecule has 1 heteroatoms. The minimum Gasteiger partial charge on any atom is -0.264 e. The Kier molecular flexibility index (Phi) is 4.05. The van der Waals surface area contributed by atoms with Gasteiger partial charge in [-0.25, -0.2) is 0 Å². The van der Waals surface area contributed by atoms with E-state index in [2.05, 4.69) is 36.7 Å². The summed E-state index contributed by atoms with van der Waals surface area (Å²) in [7, 11) is 0. The van der Waals surface area contributed by atoms with Gasteiger partial charge in [-0.15, -0.1) is 5.92 Å². The van der Waals surface area contributed by atoms with E-state index in [0.717, 1.165) is 12.8 Å². The van der Waals surface area contributed by atoms with Crippen LogP contribution in [-0.2, 0) is 6.42 Å². The minimum atomic E-state index is 0.434. The topological polar surface area (TPSA) is 12.9 Å². The van der Waals surface area contributed by atoms with Crippen LogP contribution in [0.4, 0.5) is 0 Å². The van der Waals surface area contributed by atoms with E-state index in [4.69, 9.17) is 0 Å². The normalized spacial score (nSPS) is 11.5. The third kappa shape index (κ3) is 3.75. The van der Waals surface area contributed by atoms with Gasteiger partial charge in [0, 0.05) is 24.7 Å². The maximum atomic E-state index is 4.07. The highest BCUT2D eigenvalue weighted by Crippen LogP contribution is 2.05. The van der Waals surface area contributed by atoms with Gasteiger partial charge in [0.15, 0.2) is 0 Å². The van der Waals surface area contributed by atoms with Crippen LogP contribution in [0.1, 0.15) is 25.8 Å². The monoisotopic (exact) mass is 173 g/mol. The SMILES string of the molecule is CCC#CC(C)Cc1cccnc1. The molecule has 0 aliphatic heterocycles. The van der Waals surface area contributed by atoms with Gasteiger partial charge in [-0.3, -0.25) is 4.98 Å². The third-order valence-electron chi connectivity index (χ3n) is 1.79. The first-order valence-electron chi connectivity index (χ1n) is 4.70. The number of rotatable bonds is 2. The predicted molar refractivity (Wildman–Crippen MR) is 55.2 cm³/mol. The molecule has 13 heavy (non-hydrogen) atoms. The number of hydrogen-bond donors (Lipinski definition) is 0. The van der Waals surface area contributed by atoms with Crippen molar-refractivity contribution in [3.05, 3.63) is 30.1 Å². The molecule has 1 unspecified atom stereocenters. The molecule has 0 aromatic carbocycles. The smallest absolute Gasteiger partial charge is 0.0300 e. The molecule has 0 fully saturated rings. The van der Waals surface area contributed by atoms with Crippen LogP contribution >= 0.6 is 0 Å². The van der Waals surface area contributed by atoms with E-state index in [9.17, 15) is 0 Å². The second kappa shape index (κ2) is 5.37. The molecule has 0 aliphatic rings. The van der Waals surface area contributed by atoms with E-state index in [1.165, 1.54) is 5.56 Å². The van der Waals surface area contributed by atoms with Gasteiger partial charge in [0.05, 0.1) is 0 Å². The lowest BCUT2D eigenvalue weighted by Gasteiger charge is -2.02. The third-order valence-corrected chi connectivity index (χ3v) is 1.79. The molecule has 1 rings (SSSR count). The van der Waals surface area contributed by atoms with E-state index in [-0.39, 0.29) is 0 Å². The van der Waals surface area contributed by atoms with Crippen LogP contribution in [0.15, 0.2) is 24.5 Å². The van der Waals surface area contributed by atoms with Gasteiger partial charge in [0.2, 0.25) is 0 Å². The van der Waals surface area contributed by atoms with Gasteiger partial charge in [0.1, 0.15) is 0 Å². The van der Waals surface area contributed by atoms with Crippen LogP contribution in [-0.4, -0.2) is 4.98 Å². The molecule has 0 radical (unpaired) electrons. The molecular formula is C12H15N. The van der Waals surface area contributed by atoms with Crippen molar-refractivity contribution in [2.45, 2.75) is 26.7 Å². The van der Waals surface area contributed by atoms with Gasteiger partial charge in [0.25, 0.3) is 0 Å². The molecule has 0 N–H and O–H groups in total. The molecule has 0 spiro atoms. The second-order valence-corrected chi connectivity index (χ2v) is 3.14. The van der Waals surface area contributed by atoms with Gasteiger partial charge in [-0.05, 0) is 18.1 Å². The first kappa shape index (κ1) is 9.80. The second-order valence-electron chi connectivity index (χ2n) is 3.14. The Bertz CT molecular complexity index is 292. The zero-order valence-electron chi connectivity index (χ0n) is 8.25. The molecule has 68 valence electrons. The fraction of sp³-hybridized carbons (Fsp3) is 0.417. The summed E-state index contributed by atoms with van der Waals surface area (Å²) in [5.41, 5.74) is 1.26. The van der Waals surface area contributed by atoms with E-state index < -0.39 is 0 Å². The van der Waals surface area contributed by atoms with E-state index >= 15 is 0 Å². The molecule has 1 aromatic rings. The van der Waals surface area contributed by atoms with Crippen molar-refractivity contribution >= 4 is 0 Å². The first-order valence-corrected chi connectivity index (χ1v) is 4.70. The maximum absolute atomic E-state index is 4.07. The van der Waals surface area contributed by atoms with E-state index in [1.54, 1.807) is 6.20 Å². The minimum absolute atomic E-state index is 0.434. The Morgan fingerprint density at radius 1 is 1.54 bits per heavy atom. The van der Waals surface area contributed by atoms with Crippen molar-refractivity contribution in [2.75, 3.05) is 0 Å². The summed E-state index contributed by atoms with van der Waals surface area (Å²) >= 11 is 0. The van der Waals surface area contributed by atoms with Crippen molar-refractivity contribution < 1.29 is 0 Å². The molecule has 0 saturated carbocycles. The van der Waals surface area contributed by atoms with Gasteiger partial charge in [-0.1, -0.05) is 25.8 Å². The summed E-state index contributed by atoms with van der Waals surface area (Å²) in [4.78, 5) is 4.07. The molecule has 0 saturated heterocycles. The number of pyridine rings is 1. The molecule has 1 heterocycles. The number of hydrogen-bond acceptors (Lipinski definition) is 1. The zero-order valence-corrected chi connectivity index (χ0v) is 8.25. The summed E-state index contributed by atoms with van der Waals surface area (Å²) < 4.78 is 0. The zero-order chi connectivity index (χ0) is 9.52. The van der Waals surface area contributed by atoms with Crippen molar-refractivity contribution in [2.24, 2.45) is 5.92 Å². The Morgan fingerprint density at radius 2 is 2.38 bits per heavy atom. The lowest BCUT2D eigenvalue weighted by molar-refractivity contribution is 0.746. The van der Waals surface area contributed by atoms with E-state index in [1.807, 2.05) is 12.3 Å². The van der Waals surface area contributed by atoms with Crippen molar-refractivity contribution in [3.8, 4) is 11.8 Å². The van der Waals surface area contributed by atoms with Crippen LogP contribution in [0.5, 0.6) is 0 Å². The largest absolute Gasteiger partial charge is 0.264 e. The highest BCUT2D eigenvalue weighted by molar-refractivity contribution is 5.13. The summed E-state index contributed by atoms with van der Waals surface area (Å²) in [5.74, 6) is 6.74. The summed E-state index contributed by atoms with van der Waals surface area (Å²) in [5, 5.41) is 0. The van der Waals surface area contributed by atoms with Crippen LogP contribution in [0.3, 0.4) is 0 Å². The van der Waals surface area contributed by atoms with Gasteiger partial charge >= 0.3 is 0 Å². The first-order chi connectivity index (χ1) is 6.33. The highest BCUT2D eigenvalue weighted by Gasteiger charge is 1.98. The number of nitrogens with zero attached hydrogens (tertiary/aromatic N) is 1. The Hall–Kier alpha value is -1.29. The standard InChI is InChI=1S/C12H15N/c1-3-4-6-11(2)9-12-7-5-8-13-10-12/h5,7-8,10-11H,3,9H2,1-2H3. The Morgan fingerprint density at radius 3 is 3.00 bits per heavy atom. The maximum Gasteiger partial charge on any atom is 0.0300 e. The molecule has 0 amide bonds. The van der Waals surface area contributed by atoms with Crippen LogP contribution in [0, 0.1) is 17.8 Å². The number of aromatic nitrogens is 1. The summed E-state index contributed by atoms with van der Waals surface area (Å²) in [6, 6.07) is 4.06. The summed E-state index contributed by atoms with van der Waals surface area (Å²) in [6.45, 7) is 4.22. The van der Waals surface area contributed by atoms with Crippen LogP contribution in [0.2, 0.25) is 0 Å². The molecule has 1 aromatic heterocycles. The van der Waals surface area contributed by atoms with Gasteiger partial charge < -0.3 is 0 Å². The fourth-order valence-corrected chi connectivity index (χ4v) is 1.20.